The largest absolute Gasteiger partial charge is 0.497 e. The maximum atomic E-state index is 12.5. The first-order valence-corrected chi connectivity index (χ1v) is 8.51. The summed E-state index contributed by atoms with van der Waals surface area (Å²) in [5.74, 6) is 2.08. The first-order chi connectivity index (χ1) is 13.1. The van der Waals surface area contributed by atoms with Gasteiger partial charge < -0.3 is 14.8 Å². The Morgan fingerprint density at radius 1 is 1.19 bits per heavy atom. The number of hydrogen-bond acceptors (Lipinski definition) is 6. The van der Waals surface area contributed by atoms with Gasteiger partial charge in [-0.3, -0.25) is 4.79 Å². The monoisotopic (exact) mass is 365 g/mol. The van der Waals surface area contributed by atoms with Crippen LogP contribution in [0.25, 0.3) is 5.95 Å². The third-order valence-corrected chi connectivity index (χ3v) is 4.66. The van der Waals surface area contributed by atoms with E-state index in [9.17, 15) is 4.79 Å². The molecule has 1 aromatic carbocycles. The second kappa shape index (κ2) is 6.71. The van der Waals surface area contributed by atoms with Gasteiger partial charge in [0.05, 0.1) is 19.9 Å². The van der Waals surface area contributed by atoms with E-state index < -0.39 is 0 Å². The molecule has 138 valence electrons. The molecule has 3 aromatic rings. The number of nitrogens with zero attached hydrogens (tertiary/aromatic N) is 4. The van der Waals surface area contributed by atoms with Crippen molar-refractivity contribution in [1.29, 1.82) is 0 Å². The highest BCUT2D eigenvalue weighted by Gasteiger charge is 2.34. The van der Waals surface area contributed by atoms with Crippen molar-refractivity contribution in [3.8, 4) is 17.4 Å². The van der Waals surface area contributed by atoms with E-state index in [0.29, 0.717) is 29.7 Å². The number of aromatic nitrogens is 4. The van der Waals surface area contributed by atoms with Gasteiger partial charge in [0.25, 0.3) is 5.95 Å². The third-order valence-electron chi connectivity index (χ3n) is 4.66. The van der Waals surface area contributed by atoms with Crippen molar-refractivity contribution in [2.75, 3.05) is 19.5 Å². The number of ether oxygens (including phenoxy) is 2. The molecule has 3 heterocycles. The topological polar surface area (TPSA) is 91.2 Å². The Bertz CT molecular complexity index is 1000. The van der Waals surface area contributed by atoms with E-state index in [1.165, 1.54) is 0 Å². The van der Waals surface area contributed by atoms with Crippen LogP contribution in [-0.4, -0.2) is 39.9 Å². The number of carbonyl (C=O) groups excluding carboxylic acids is 1. The van der Waals surface area contributed by atoms with Crippen molar-refractivity contribution in [2.45, 2.75) is 19.3 Å². The summed E-state index contributed by atoms with van der Waals surface area (Å²) in [4.78, 5) is 21.0. The molecule has 27 heavy (non-hydrogen) atoms. The zero-order chi connectivity index (χ0) is 19.0. The second-order valence-corrected chi connectivity index (χ2v) is 6.22. The van der Waals surface area contributed by atoms with Crippen LogP contribution in [0.4, 0.5) is 5.82 Å². The summed E-state index contributed by atoms with van der Waals surface area (Å²) >= 11 is 0. The lowest BCUT2D eigenvalue weighted by molar-refractivity contribution is -0.116. The summed E-state index contributed by atoms with van der Waals surface area (Å²) < 4.78 is 12.4. The van der Waals surface area contributed by atoms with Crippen LogP contribution in [0.5, 0.6) is 11.5 Å². The van der Waals surface area contributed by atoms with Gasteiger partial charge in [-0.2, -0.15) is 9.78 Å². The van der Waals surface area contributed by atoms with Crippen molar-refractivity contribution in [3.05, 3.63) is 53.5 Å². The summed E-state index contributed by atoms with van der Waals surface area (Å²) in [6.45, 7) is 1.92. The first-order valence-electron chi connectivity index (χ1n) is 8.51. The van der Waals surface area contributed by atoms with Crippen LogP contribution in [0.2, 0.25) is 0 Å². The van der Waals surface area contributed by atoms with Crippen molar-refractivity contribution < 1.29 is 14.3 Å². The van der Waals surface area contributed by atoms with Gasteiger partial charge in [0.15, 0.2) is 0 Å². The van der Waals surface area contributed by atoms with E-state index >= 15 is 0 Å². The van der Waals surface area contributed by atoms with Gasteiger partial charge in [0.1, 0.15) is 17.3 Å². The molecule has 0 saturated heterocycles. The normalized spacial score (nSPS) is 15.8. The van der Waals surface area contributed by atoms with E-state index in [0.717, 1.165) is 16.8 Å². The maximum Gasteiger partial charge on any atom is 0.252 e. The molecule has 0 aliphatic carbocycles. The molecule has 8 heteroatoms. The Hall–Kier alpha value is -3.42. The first kappa shape index (κ1) is 17.0. The predicted octanol–water partition coefficient (Wildman–Crippen LogP) is 2.46. The van der Waals surface area contributed by atoms with Crippen molar-refractivity contribution in [1.82, 2.24) is 19.7 Å². The standard InChI is InChI=1S/C19H19N5O3/c1-11-17-14(13-6-5-12(26-2)9-15(13)27-3)10-16(25)22-18(17)24(23-11)19-20-7-4-8-21-19/h4-9,14H,10H2,1-3H3,(H,22,25)/t14-/m0/s1. The highest BCUT2D eigenvalue weighted by atomic mass is 16.5. The summed E-state index contributed by atoms with van der Waals surface area (Å²) in [6.07, 6.45) is 3.58. The van der Waals surface area contributed by atoms with E-state index in [-0.39, 0.29) is 11.8 Å². The Kier molecular flexibility index (Phi) is 4.23. The fourth-order valence-electron chi connectivity index (χ4n) is 3.46. The van der Waals surface area contributed by atoms with E-state index in [2.05, 4.69) is 20.4 Å². The zero-order valence-corrected chi connectivity index (χ0v) is 15.3. The third kappa shape index (κ3) is 2.88. The molecule has 0 spiro atoms. The van der Waals surface area contributed by atoms with Gasteiger partial charge in [0, 0.05) is 41.9 Å². The molecule has 1 N–H and O–H groups in total. The Balaban J connectivity index is 1.88. The van der Waals surface area contributed by atoms with Crippen molar-refractivity contribution in [3.63, 3.8) is 0 Å². The Labute approximate surface area is 156 Å². The minimum absolute atomic E-state index is 0.0950. The minimum Gasteiger partial charge on any atom is -0.497 e. The molecular formula is C19H19N5O3. The average molecular weight is 365 g/mol. The molecule has 0 fully saturated rings. The fourth-order valence-corrected chi connectivity index (χ4v) is 3.46. The number of rotatable bonds is 4. The lowest BCUT2D eigenvalue weighted by Gasteiger charge is -2.25. The molecule has 0 bridgehead atoms. The van der Waals surface area contributed by atoms with Crippen LogP contribution in [0.15, 0.2) is 36.7 Å². The molecular weight excluding hydrogens is 346 g/mol. The Morgan fingerprint density at radius 3 is 2.67 bits per heavy atom. The molecule has 1 aliphatic heterocycles. The number of nitrogens with one attached hydrogen (secondary N) is 1. The summed E-state index contributed by atoms with van der Waals surface area (Å²) in [6, 6.07) is 7.35. The fraction of sp³-hybridized carbons (Fsp3) is 0.263. The molecule has 0 saturated carbocycles. The summed E-state index contributed by atoms with van der Waals surface area (Å²) in [7, 11) is 3.21. The number of carbonyl (C=O) groups is 1. The summed E-state index contributed by atoms with van der Waals surface area (Å²) in [5, 5.41) is 7.50. The molecule has 8 nitrogen and oxygen atoms in total. The predicted molar refractivity (Wildman–Crippen MR) is 98.5 cm³/mol. The number of benzene rings is 1. The highest BCUT2D eigenvalue weighted by Crippen LogP contribution is 2.43. The van der Waals surface area contributed by atoms with E-state index in [1.807, 2.05) is 25.1 Å². The minimum atomic E-state index is -0.188. The van der Waals surface area contributed by atoms with Gasteiger partial charge in [-0.1, -0.05) is 6.07 Å². The number of fused-ring (bicyclic) bond motifs is 1. The van der Waals surface area contributed by atoms with Gasteiger partial charge in [-0.05, 0) is 19.1 Å². The molecule has 0 unspecified atom stereocenters. The van der Waals surface area contributed by atoms with Crippen LogP contribution in [0.3, 0.4) is 0 Å². The number of methoxy groups -OCH3 is 2. The van der Waals surface area contributed by atoms with E-state index in [4.69, 9.17) is 9.47 Å². The number of amides is 1. The molecule has 1 aliphatic rings. The van der Waals surface area contributed by atoms with Gasteiger partial charge >= 0.3 is 0 Å². The SMILES string of the molecule is COc1ccc([C@@H]2CC(=O)Nc3c2c(C)nn3-c2ncccn2)c(OC)c1. The quantitative estimate of drug-likeness (QED) is 0.764. The van der Waals surface area contributed by atoms with Crippen LogP contribution in [0, 0.1) is 6.92 Å². The van der Waals surface area contributed by atoms with Gasteiger partial charge in [-0.25, -0.2) is 9.97 Å². The van der Waals surface area contributed by atoms with Crippen molar-refractivity contribution >= 4 is 11.7 Å². The highest BCUT2D eigenvalue weighted by molar-refractivity contribution is 5.95. The Morgan fingerprint density at radius 2 is 1.96 bits per heavy atom. The number of aryl methyl sites for hydroxylation is 1. The molecule has 1 amide bonds. The van der Waals surface area contributed by atoms with Gasteiger partial charge in [-0.15, -0.1) is 0 Å². The van der Waals surface area contributed by atoms with Crippen molar-refractivity contribution in [2.24, 2.45) is 0 Å². The van der Waals surface area contributed by atoms with Crippen LogP contribution < -0.4 is 14.8 Å². The van der Waals surface area contributed by atoms with Gasteiger partial charge in [0.2, 0.25) is 5.91 Å². The van der Waals surface area contributed by atoms with Crippen LogP contribution >= 0.6 is 0 Å². The average Bonchev–Trinajstić information content (AvgIpc) is 3.03. The smallest absolute Gasteiger partial charge is 0.252 e. The number of hydrogen-bond donors (Lipinski definition) is 1. The lowest BCUT2D eigenvalue weighted by Crippen LogP contribution is -2.25. The van der Waals surface area contributed by atoms with Crippen LogP contribution in [-0.2, 0) is 4.79 Å². The summed E-state index contributed by atoms with van der Waals surface area (Å²) in [5.41, 5.74) is 2.65. The number of anilines is 1. The second-order valence-electron chi connectivity index (χ2n) is 6.22. The molecule has 2 aromatic heterocycles. The molecule has 1 atom stereocenters. The zero-order valence-electron chi connectivity index (χ0n) is 15.3. The van der Waals surface area contributed by atoms with Crippen LogP contribution in [0.1, 0.15) is 29.2 Å². The lowest BCUT2D eigenvalue weighted by atomic mass is 9.85. The molecule has 0 radical (unpaired) electrons. The maximum absolute atomic E-state index is 12.5. The van der Waals surface area contributed by atoms with E-state index in [1.54, 1.807) is 37.4 Å². The molecule has 4 rings (SSSR count).